The fraction of sp³-hybridized carbons (Fsp3) is 0.857. The van der Waals surface area contributed by atoms with Crippen LogP contribution in [0.3, 0.4) is 0 Å². The molecule has 0 aromatic heterocycles. The monoisotopic (exact) mass is 274 g/mol. The van der Waals surface area contributed by atoms with Crippen molar-refractivity contribution in [3.8, 4) is 0 Å². The molecule has 2 saturated heterocycles. The summed E-state index contributed by atoms with van der Waals surface area (Å²) in [6, 6.07) is -0.324. The van der Waals surface area contributed by atoms with Crippen LogP contribution in [-0.2, 0) is 0 Å². The third-order valence-corrected chi connectivity index (χ3v) is 3.98. The molecular formula is C7H9Cl3N2OS. The van der Waals surface area contributed by atoms with Gasteiger partial charge in [0.05, 0.1) is 12.1 Å². The van der Waals surface area contributed by atoms with Gasteiger partial charge in [-0.15, -0.1) is 0 Å². The zero-order valence-electron chi connectivity index (χ0n) is 7.16. The lowest BCUT2D eigenvalue weighted by Gasteiger charge is -2.34. The van der Waals surface area contributed by atoms with Gasteiger partial charge in [0.1, 0.15) is 0 Å². The van der Waals surface area contributed by atoms with Crippen LogP contribution < -0.4 is 0 Å². The Hall–Kier alpha value is 0.490. The smallest absolute Gasteiger partial charge is 0.315 e. The number of halogens is 3. The van der Waals surface area contributed by atoms with Gasteiger partial charge < -0.3 is 4.90 Å². The van der Waals surface area contributed by atoms with Crippen LogP contribution in [0.25, 0.3) is 0 Å². The Labute approximate surface area is 103 Å². The van der Waals surface area contributed by atoms with Crippen LogP contribution in [0.4, 0.5) is 4.79 Å². The Bertz CT molecular complexity index is 270. The molecule has 0 N–H and O–H groups in total. The van der Waals surface area contributed by atoms with E-state index < -0.39 is 3.79 Å². The fourth-order valence-corrected chi connectivity index (χ4v) is 2.97. The quantitative estimate of drug-likeness (QED) is 0.533. The SMILES string of the molecule is O=C1N(S)[C@@H]2CC[C@@H](C(Cl)(Cl)Cl)N1C2. The molecule has 14 heavy (non-hydrogen) atoms. The lowest BCUT2D eigenvalue weighted by Crippen LogP contribution is -2.47. The summed E-state index contributed by atoms with van der Waals surface area (Å²) < 4.78 is 0.0238. The highest BCUT2D eigenvalue weighted by Crippen LogP contribution is 2.42. The van der Waals surface area contributed by atoms with Crippen molar-refractivity contribution in [3.05, 3.63) is 0 Å². The van der Waals surface area contributed by atoms with Crippen molar-refractivity contribution < 1.29 is 4.79 Å². The minimum absolute atomic E-state index is 0.160. The number of nitrogens with zero attached hydrogens (tertiary/aromatic N) is 2. The van der Waals surface area contributed by atoms with Crippen molar-refractivity contribution in [2.24, 2.45) is 0 Å². The average Bonchev–Trinajstić information content (AvgIpc) is 2.30. The lowest BCUT2D eigenvalue weighted by atomic mass is 10.0. The van der Waals surface area contributed by atoms with Gasteiger partial charge in [0.25, 0.3) is 0 Å². The lowest BCUT2D eigenvalue weighted by molar-refractivity contribution is 0.183. The Morgan fingerprint density at radius 2 is 2.00 bits per heavy atom. The Morgan fingerprint density at radius 3 is 2.57 bits per heavy atom. The number of hydrogen-bond donors (Lipinski definition) is 1. The van der Waals surface area contributed by atoms with Gasteiger partial charge in [0.15, 0.2) is 0 Å². The molecule has 0 aromatic rings. The summed E-state index contributed by atoms with van der Waals surface area (Å²) in [4.78, 5) is 13.2. The van der Waals surface area contributed by atoms with Crippen LogP contribution in [0.15, 0.2) is 0 Å². The predicted octanol–water partition coefficient (Wildman–Crippen LogP) is 2.47. The maximum Gasteiger partial charge on any atom is 0.330 e. The minimum Gasteiger partial charge on any atom is -0.315 e. The number of fused-ring (bicyclic) bond motifs is 2. The minimum atomic E-state index is -1.40. The van der Waals surface area contributed by atoms with Crippen molar-refractivity contribution in [1.82, 2.24) is 9.21 Å². The fourth-order valence-electron chi connectivity index (χ4n) is 1.99. The summed E-state index contributed by atoms with van der Waals surface area (Å²) in [5.41, 5.74) is 0. The molecule has 2 heterocycles. The van der Waals surface area contributed by atoms with E-state index in [1.165, 1.54) is 4.31 Å². The number of piperidine rings is 1. The topological polar surface area (TPSA) is 23.6 Å². The molecule has 0 saturated carbocycles. The van der Waals surface area contributed by atoms with E-state index in [-0.39, 0.29) is 18.1 Å². The highest BCUT2D eigenvalue weighted by molar-refractivity contribution is 7.78. The van der Waals surface area contributed by atoms with E-state index in [0.29, 0.717) is 13.0 Å². The summed E-state index contributed by atoms with van der Waals surface area (Å²) in [5, 5.41) is 0. The summed E-state index contributed by atoms with van der Waals surface area (Å²) in [7, 11) is 0. The maximum absolute atomic E-state index is 11.6. The second-order valence-corrected chi connectivity index (χ2v) is 6.37. The first kappa shape index (κ1) is 11.0. The van der Waals surface area contributed by atoms with Crippen molar-refractivity contribution in [3.63, 3.8) is 0 Å². The zero-order chi connectivity index (χ0) is 10.5. The number of thiol groups is 1. The van der Waals surface area contributed by atoms with Gasteiger partial charge in [-0.2, -0.15) is 0 Å². The zero-order valence-corrected chi connectivity index (χ0v) is 10.3. The van der Waals surface area contributed by atoms with Crippen LogP contribution in [-0.4, -0.2) is 37.7 Å². The number of urea groups is 1. The molecule has 0 aliphatic carbocycles. The molecular weight excluding hydrogens is 267 g/mol. The molecule has 2 amide bonds. The standard InChI is InChI=1S/C7H9Cl3N2OS/c8-7(9,10)5-2-1-4-3-11(5)6(13)12(4)14/h4-5,14H,1-3H2/t4-,5+/m1/s1. The molecule has 0 radical (unpaired) electrons. The number of amides is 2. The number of rotatable bonds is 0. The number of alkyl halides is 3. The summed E-state index contributed by atoms with van der Waals surface area (Å²) in [6.45, 7) is 0.612. The van der Waals surface area contributed by atoms with E-state index in [1.807, 2.05) is 0 Å². The van der Waals surface area contributed by atoms with Crippen LogP contribution in [0.5, 0.6) is 0 Å². The van der Waals surface area contributed by atoms with Crippen molar-refractivity contribution >= 4 is 53.6 Å². The van der Waals surface area contributed by atoms with Crippen LogP contribution in [0.2, 0.25) is 0 Å². The Kier molecular flexibility index (Phi) is 2.75. The normalized spacial score (nSPS) is 32.7. The van der Waals surface area contributed by atoms with Gasteiger partial charge in [0, 0.05) is 6.54 Å². The predicted molar refractivity (Wildman–Crippen MR) is 60.0 cm³/mol. The van der Waals surface area contributed by atoms with Crippen LogP contribution >= 0.6 is 47.6 Å². The molecule has 3 nitrogen and oxygen atoms in total. The van der Waals surface area contributed by atoms with Crippen molar-refractivity contribution in [2.45, 2.75) is 28.7 Å². The summed E-state index contributed by atoms with van der Waals surface area (Å²) in [6.07, 6.45) is 1.55. The number of carbonyl (C=O) groups is 1. The van der Waals surface area contributed by atoms with Crippen LogP contribution in [0.1, 0.15) is 12.8 Å². The molecule has 2 fully saturated rings. The molecule has 0 spiro atoms. The van der Waals surface area contributed by atoms with Gasteiger partial charge in [-0.25, -0.2) is 4.79 Å². The largest absolute Gasteiger partial charge is 0.330 e. The third-order valence-electron chi connectivity index (χ3n) is 2.72. The molecule has 2 aliphatic rings. The second kappa shape index (κ2) is 3.51. The van der Waals surface area contributed by atoms with E-state index >= 15 is 0 Å². The molecule has 2 aliphatic heterocycles. The first-order valence-corrected chi connectivity index (χ1v) is 5.80. The van der Waals surface area contributed by atoms with E-state index in [4.69, 9.17) is 34.8 Å². The molecule has 2 atom stereocenters. The van der Waals surface area contributed by atoms with Crippen molar-refractivity contribution in [1.29, 1.82) is 0 Å². The second-order valence-electron chi connectivity index (χ2n) is 3.57. The average molecular weight is 276 g/mol. The summed E-state index contributed by atoms with van der Waals surface area (Å²) in [5.74, 6) is 0. The molecule has 0 unspecified atom stereocenters. The van der Waals surface area contributed by atoms with E-state index in [1.54, 1.807) is 4.90 Å². The van der Waals surface area contributed by atoms with Crippen LogP contribution in [0, 0.1) is 0 Å². The van der Waals surface area contributed by atoms with E-state index in [0.717, 1.165) is 6.42 Å². The molecule has 2 bridgehead atoms. The third kappa shape index (κ3) is 1.66. The van der Waals surface area contributed by atoms with E-state index in [2.05, 4.69) is 12.8 Å². The van der Waals surface area contributed by atoms with Gasteiger partial charge in [-0.3, -0.25) is 4.31 Å². The summed E-state index contributed by atoms with van der Waals surface area (Å²) >= 11 is 21.5. The van der Waals surface area contributed by atoms with Gasteiger partial charge in [-0.05, 0) is 12.8 Å². The molecule has 7 heteroatoms. The van der Waals surface area contributed by atoms with Gasteiger partial charge >= 0.3 is 6.03 Å². The first-order valence-electron chi connectivity index (χ1n) is 4.26. The number of hydrogen-bond acceptors (Lipinski definition) is 2. The van der Waals surface area contributed by atoms with Gasteiger partial charge in [-0.1, -0.05) is 47.6 Å². The Morgan fingerprint density at radius 1 is 1.36 bits per heavy atom. The maximum atomic E-state index is 11.6. The molecule has 2 rings (SSSR count). The molecule has 0 aromatic carbocycles. The highest BCUT2D eigenvalue weighted by Gasteiger charge is 2.49. The van der Waals surface area contributed by atoms with E-state index in [9.17, 15) is 4.79 Å². The number of carbonyl (C=O) groups excluding carboxylic acids is 1. The van der Waals surface area contributed by atoms with Gasteiger partial charge in [0.2, 0.25) is 3.79 Å². The Balaban J connectivity index is 2.22. The van der Waals surface area contributed by atoms with Crippen molar-refractivity contribution in [2.75, 3.05) is 6.54 Å². The first-order chi connectivity index (χ1) is 6.41. The highest BCUT2D eigenvalue weighted by atomic mass is 35.6. The molecule has 80 valence electrons.